The SMILES string of the molecule is Cl.O=S(=O)(O)C1=CC=CNS1. The van der Waals surface area contributed by atoms with Crippen molar-refractivity contribution in [3.8, 4) is 0 Å². The van der Waals surface area contributed by atoms with Crippen LogP contribution in [-0.2, 0) is 10.1 Å². The zero-order chi connectivity index (χ0) is 7.61. The molecule has 0 bridgehead atoms. The Hall–Kier alpha value is -0.170. The highest BCUT2D eigenvalue weighted by Crippen LogP contribution is 2.19. The average molecular weight is 216 g/mol. The van der Waals surface area contributed by atoms with Gasteiger partial charge in [-0.25, -0.2) is 0 Å². The highest BCUT2D eigenvalue weighted by molar-refractivity contribution is 8.15. The largest absolute Gasteiger partial charge is 0.332 e. The summed E-state index contributed by atoms with van der Waals surface area (Å²) in [6.07, 6.45) is 4.38. The molecule has 0 amide bonds. The summed E-state index contributed by atoms with van der Waals surface area (Å²) in [6, 6.07) is 0. The lowest BCUT2D eigenvalue weighted by Gasteiger charge is -2.04. The van der Waals surface area contributed by atoms with E-state index in [-0.39, 0.29) is 16.6 Å². The lowest BCUT2D eigenvalue weighted by Crippen LogP contribution is -2.05. The molecule has 0 aromatic heterocycles. The molecule has 7 heteroatoms. The molecule has 1 aliphatic heterocycles. The Kier molecular flexibility index (Phi) is 3.95. The van der Waals surface area contributed by atoms with Crippen molar-refractivity contribution in [2.45, 2.75) is 0 Å². The lowest BCUT2D eigenvalue weighted by atomic mass is 10.6. The fourth-order valence-electron chi connectivity index (χ4n) is 0.431. The summed E-state index contributed by atoms with van der Waals surface area (Å²) in [6.45, 7) is 0. The molecule has 0 radical (unpaired) electrons. The first-order valence-electron chi connectivity index (χ1n) is 2.37. The Morgan fingerprint density at radius 2 is 2.18 bits per heavy atom. The maximum atomic E-state index is 10.4. The second-order valence-corrected chi connectivity index (χ2v) is 4.07. The standard InChI is InChI=1S/C4H5NO3S2.ClH/c6-10(7,8)4-2-1-3-5-9-4;/h1-3,5H,(H,6,7,8);1H. The van der Waals surface area contributed by atoms with E-state index in [1.165, 1.54) is 12.2 Å². The van der Waals surface area contributed by atoms with Crippen LogP contribution in [0.25, 0.3) is 0 Å². The first-order valence-corrected chi connectivity index (χ1v) is 4.63. The zero-order valence-corrected chi connectivity index (χ0v) is 7.67. The van der Waals surface area contributed by atoms with Crippen molar-refractivity contribution >= 4 is 34.5 Å². The van der Waals surface area contributed by atoms with Gasteiger partial charge in [-0.3, -0.25) is 4.55 Å². The smallest absolute Gasteiger partial charge is 0.302 e. The Balaban J connectivity index is 0.000001000. The summed E-state index contributed by atoms with van der Waals surface area (Å²) >= 11 is 0.856. The van der Waals surface area contributed by atoms with Crippen LogP contribution in [0.15, 0.2) is 22.6 Å². The number of allylic oxidation sites excluding steroid dienone is 2. The van der Waals surface area contributed by atoms with Crippen LogP contribution in [0.3, 0.4) is 0 Å². The first kappa shape index (κ1) is 10.8. The summed E-state index contributed by atoms with van der Waals surface area (Å²) in [4.78, 5) is 0. The minimum Gasteiger partial charge on any atom is -0.332 e. The number of hydrogen-bond donors (Lipinski definition) is 2. The first-order chi connectivity index (χ1) is 4.61. The third kappa shape index (κ3) is 3.15. The van der Waals surface area contributed by atoms with Gasteiger partial charge in [0.2, 0.25) is 0 Å². The van der Waals surface area contributed by atoms with E-state index in [1.807, 2.05) is 0 Å². The van der Waals surface area contributed by atoms with Crippen LogP contribution in [0, 0.1) is 0 Å². The fraction of sp³-hybridized carbons (Fsp3) is 0. The molecule has 0 atom stereocenters. The van der Waals surface area contributed by atoms with Gasteiger partial charge in [0.25, 0.3) is 0 Å². The van der Waals surface area contributed by atoms with Crippen LogP contribution >= 0.6 is 24.4 Å². The number of rotatable bonds is 1. The van der Waals surface area contributed by atoms with Gasteiger partial charge in [0, 0.05) is 6.20 Å². The minimum atomic E-state index is -4.02. The molecule has 0 aliphatic carbocycles. The van der Waals surface area contributed by atoms with Gasteiger partial charge in [-0.2, -0.15) is 8.42 Å². The third-order valence-corrected chi connectivity index (χ3v) is 2.93. The Bertz CT molecular complexity index is 282. The maximum absolute atomic E-state index is 10.4. The zero-order valence-electron chi connectivity index (χ0n) is 5.22. The summed E-state index contributed by atoms with van der Waals surface area (Å²) in [5.74, 6) is 0. The number of nitrogens with one attached hydrogen (secondary N) is 1. The van der Waals surface area contributed by atoms with Crippen LogP contribution in [0.4, 0.5) is 0 Å². The Labute approximate surface area is 75.0 Å². The van der Waals surface area contributed by atoms with Gasteiger partial charge in [0.05, 0.1) is 0 Å². The second kappa shape index (κ2) is 4.01. The van der Waals surface area contributed by atoms with E-state index in [4.69, 9.17) is 4.55 Å². The van der Waals surface area contributed by atoms with Crippen molar-refractivity contribution in [3.63, 3.8) is 0 Å². The molecule has 0 fully saturated rings. The molecule has 64 valence electrons. The molecule has 0 saturated heterocycles. The lowest BCUT2D eigenvalue weighted by molar-refractivity contribution is 0.493. The van der Waals surface area contributed by atoms with Crippen LogP contribution in [0.2, 0.25) is 0 Å². The summed E-state index contributed by atoms with van der Waals surface area (Å²) in [7, 11) is -4.02. The normalized spacial score (nSPS) is 16.3. The molecule has 0 saturated carbocycles. The second-order valence-electron chi connectivity index (χ2n) is 1.54. The van der Waals surface area contributed by atoms with Crippen LogP contribution < -0.4 is 4.72 Å². The Morgan fingerprint density at radius 3 is 2.45 bits per heavy atom. The molecule has 11 heavy (non-hydrogen) atoms. The quantitative estimate of drug-likeness (QED) is 0.503. The summed E-state index contributed by atoms with van der Waals surface area (Å²) in [5.41, 5.74) is 0. The van der Waals surface area contributed by atoms with Gasteiger partial charge in [-0.1, -0.05) is 0 Å². The van der Waals surface area contributed by atoms with Gasteiger partial charge >= 0.3 is 10.1 Å². The van der Waals surface area contributed by atoms with Crippen molar-refractivity contribution < 1.29 is 13.0 Å². The molecule has 0 aromatic rings. The van der Waals surface area contributed by atoms with E-state index in [1.54, 1.807) is 6.20 Å². The molecule has 0 unspecified atom stereocenters. The topological polar surface area (TPSA) is 66.4 Å². The molecule has 0 spiro atoms. The fourth-order valence-corrected chi connectivity index (χ4v) is 1.66. The number of halogens is 1. The monoisotopic (exact) mass is 215 g/mol. The van der Waals surface area contributed by atoms with Crippen molar-refractivity contribution in [2.24, 2.45) is 0 Å². The van der Waals surface area contributed by atoms with E-state index in [2.05, 4.69) is 4.72 Å². The van der Waals surface area contributed by atoms with Crippen molar-refractivity contribution in [2.75, 3.05) is 0 Å². The van der Waals surface area contributed by atoms with E-state index in [0.29, 0.717) is 0 Å². The molecular formula is C4H6ClNO3S2. The highest BCUT2D eigenvalue weighted by atomic mass is 35.5. The number of hydrogen-bond acceptors (Lipinski definition) is 4. The van der Waals surface area contributed by atoms with Crippen LogP contribution in [-0.4, -0.2) is 13.0 Å². The molecular weight excluding hydrogens is 210 g/mol. The van der Waals surface area contributed by atoms with E-state index >= 15 is 0 Å². The highest BCUT2D eigenvalue weighted by Gasteiger charge is 2.14. The maximum Gasteiger partial charge on any atom is 0.302 e. The van der Waals surface area contributed by atoms with Crippen LogP contribution in [0.1, 0.15) is 0 Å². The minimum absolute atomic E-state index is 0. The molecule has 1 heterocycles. The molecule has 2 N–H and O–H groups in total. The van der Waals surface area contributed by atoms with Crippen molar-refractivity contribution in [1.29, 1.82) is 0 Å². The third-order valence-electron chi connectivity index (χ3n) is 0.810. The van der Waals surface area contributed by atoms with Gasteiger partial charge < -0.3 is 4.72 Å². The Morgan fingerprint density at radius 1 is 1.55 bits per heavy atom. The average Bonchev–Trinajstić information content (AvgIpc) is 1.88. The summed E-state index contributed by atoms with van der Waals surface area (Å²) in [5, 5.41) is 0. The van der Waals surface area contributed by atoms with E-state index in [0.717, 1.165) is 11.9 Å². The molecule has 1 aliphatic rings. The predicted molar refractivity (Wildman–Crippen MR) is 46.7 cm³/mol. The van der Waals surface area contributed by atoms with E-state index < -0.39 is 10.1 Å². The molecule has 1 rings (SSSR count). The predicted octanol–water partition coefficient (Wildman–Crippen LogP) is 0.902. The van der Waals surface area contributed by atoms with Crippen molar-refractivity contribution in [1.82, 2.24) is 4.72 Å². The molecule has 4 nitrogen and oxygen atoms in total. The van der Waals surface area contributed by atoms with E-state index in [9.17, 15) is 8.42 Å². The van der Waals surface area contributed by atoms with Crippen molar-refractivity contribution in [3.05, 3.63) is 22.6 Å². The van der Waals surface area contributed by atoms with Gasteiger partial charge in [-0.05, 0) is 24.1 Å². The van der Waals surface area contributed by atoms with Gasteiger partial charge in [-0.15, -0.1) is 12.4 Å². The van der Waals surface area contributed by atoms with Gasteiger partial charge in [0.15, 0.2) is 0 Å². The molecule has 0 aromatic carbocycles. The summed E-state index contributed by atoms with van der Waals surface area (Å²) < 4.78 is 31.7. The van der Waals surface area contributed by atoms with Crippen LogP contribution in [0.5, 0.6) is 0 Å². The van der Waals surface area contributed by atoms with Gasteiger partial charge in [0.1, 0.15) is 4.24 Å².